The summed E-state index contributed by atoms with van der Waals surface area (Å²) in [4.78, 5) is 10.5. The fraction of sp³-hybridized carbons (Fsp3) is 0.917. The first-order chi connectivity index (χ1) is 9.60. The van der Waals surface area contributed by atoms with Gasteiger partial charge in [-0.15, -0.1) is 0 Å². The van der Waals surface area contributed by atoms with Gasteiger partial charge in [0.2, 0.25) is 0 Å². The number of rotatable bonds is 13. The summed E-state index contributed by atoms with van der Waals surface area (Å²) in [5, 5.41) is 6.49. The molecule has 0 rings (SSSR count). The molecule has 0 aliphatic heterocycles. The van der Waals surface area contributed by atoms with Gasteiger partial charge in [-0.25, -0.2) is 0 Å². The van der Waals surface area contributed by atoms with Crippen molar-refractivity contribution in [1.29, 1.82) is 0 Å². The lowest BCUT2D eigenvalue weighted by molar-refractivity contribution is -0.140. The molecule has 20 heavy (non-hydrogen) atoms. The van der Waals surface area contributed by atoms with E-state index in [2.05, 4.69) is 10.6 Å². The maximum absolute atomic E-state index is 10.5. The fourth-order valence-electron chi connectivity index (χ4n) is 1.68. The molecule has 0 aromatic heterocycles. The predicted octanol–water partition coefficient (Wildman–Crippen LogP) is -0.00310. The second kappa shape index (κ2) is 12.2. The number of esters is 1. The Morgan fingerprint density at radius 3 is 2.00 bits per heavy atom. The molecule has 0 saturated heterocycles. The number of ether oxygens (including phenoxy) is 1. The van der Waals surface area contributed by atoms with Crippen molar-refractivity contribution < 1.29 is 22.8 Å². The van der Waals surface area contributed by atoms with Crippen LogP contribution in [0.5, 0.6) is 0 Å². The summed E-state index contributed by atoms with van der Waals surface area (Å²) in [5.41, 5.74) is 0. The monoisotopic (exact) mass is 308 g/mol. The highest BCUT2D eigenvalue weighted by Crippen LogP contribution is 2.14. The largest absolute Gasteiger partial charge is 0.500 e. The minimum atomic E-state index is -2.42. The maximum atomic E-state index is 10.5. The van der Waals surface area contributed by atoms with Crippen molar-refractivity contribution in [2.24, 2.45) is 0 Å². The number of hydrogen-bond acceptors (Lipinski definition) is 7. The second-order valence-electron chi connectivity index (χ2n) is 4.24. The molecule has 7 nitrogen and oxygen atoms in total. The smallest absolute Gasteiger partial charge is 0.465 e. The second-order valence-corrected chi connectivity index (χ2v) is 7.33. The highest BCUT2D eigenvalue weighted by Gasteiger charge is 2.36. The predicted molar refractivity (Wildman–Crippen MR) is 78.6 cm³/mol. The maximum Gasteiger partial charge on any atom is 0.500 e. The third-order valence-corrected chi connectivity index (χ3v) is 5.66. The molecular weight excluding hydrogens is 280 g/mol. The van der Waals surface area contributed by atoms with Crippen molar-refractivity contribution in [3.05, 3.63) is 0 Å². The Kier molecular flexibility index (Phi) is 11.9. The molecule has 8 heteroatoms. The number of nitrogens with one attached hydrogen (secondary N) is 2. The molecule has 0 fully saturated rings. The van der Waals surface area contributed by atoms with Gasteiger partial charge in [0.25, 0.3) is 0 Å². The molecule has 0 atom stereocenters. The first kappa shape index (κ1) is 19.5. The van der Waals surface area contributed by atoms with E-state index in [0.717, 1.165) is 32.1 Å². The quantitative estimate of drug-likeness (QED) is 0.282. The van der Waals surface area contributed by atoms with Crippen LogP contribution in [0.1, 0.15) is 13.3 Å². The zero-order chi connectivity index (χ0) is 15.3. The molecular formula is C12H28N2O5Si. The van der Waals surface area contributed by atoms with Crippen LogP contribution >= 0.6 is 0 Å². The van der Waals surface area contributed by atoms with Gasteiger partial charge in [0.1, 0.15) is 6.61 Å². The SMILES string of the molecule is CO[Si](CCCNCCNCCOC(C)=O)(OC)OC. The summed E-state index contributed by atoms with van der Waals surface area (Å²) in [6.07, 6.45) is 0.940. The first-order valence-corrected chi connectivity index (χ1v) is 8.73. The summed E-state index contributed by atoms with van der Waals surface area (Å²) < 4.78 is 20.8. The molecule has 0 aliphatic rings. The van der Waals surface area contributed by atoms with Crippen molar-refractivity contribution in [2.45, 2.75) is 19.4 Å². The molecule has 0 heterocycles. The van der Waals surface area contributed by atoms with Crippen molar-refractivity contribution in [1.82, 2.24) is 10.6 Å². The minimum Gasteiger partial charge on any atom is -0.465 e. The summed E-state index contributed by atoms with van der Waals surface area (Å²) in [6.45, 7) is 5.08. The number of hydrogen-bond donors (Lipinski definition) is 2. The molecule has 0 unspecified atom stereocenters. The normalized spacial score (nSPS) is 11.6. The van der Waals surface area contributed by atoms with Crippen molar-refractivity contribution in [3.63, 3.8) is 0 Å². The molecule has 2 N–H and O–H groups in total. The molecule has 0 aromatic rings. The lowest BCUT2D eigenvalue weighted by Crippen LogP contribution is -2.43. The third kappa shape index (κ3) is 9.40. The van der Waals surface area contributed by atoms with Gasteiger partial charge in [0.15, 0.2) is 0 Å². The molecule has 0 aromatic carbocycles. The average molecular weight is 308 g/mol. The zero-order valence-corrected chi connectivity index (χ0v) is 14.0. The Morgan fingerprint density at radius 2 is 1.50 bits per heavy atom. The van der Waals surface area contributed by atoms with Crippen molar-refractivity contribution in [2.75, 3.05) is 54.1 Å². The van der Waals surface area contributed by atoms with Gasteiger partial charge in [0, 0.05) is 53.9 Å². The Hall–Kier alpha value is -0.513. The Morgan fingerprint density at radius 1 is 0.950 bits per heavy atom. The number of carbonyl (C=O) groups excluding carboxylic acids is 1. The minimum absolute atomic E-state index is 0.244. The number of carbonyl (C=O) groups is 1. The van der Waals surface area contributed by atoms with Gasteiger partial charge in [-0.1, -0.05) is 0 Å². The molecule has 0 aliphatic carbocycles. The third-order valence-electron chi connectivity index (χ3n) is 2.83. The average Bonchev–Trinajstić information content (AvgIpc) is 2.45. The van der Waals surface area contributed by atoms with E-state index in [1.807, 2.05) is 0 Å². The van der Waals surface area contributed by atoms with Gasteiger partial charge in [-0.3, -0.25) is 4.79 Å². The summed E-state index contributed by atoms with van der Waals surface area (Å²) in [6, 6.07) is 0.795. The first-order valence-electron chi connectivity index (χ1n) is 6.80. The topological polar surface area (TPSA) is 78.0 Å². The van der Waals surface area contributed by atoms with Crippen LogP contribution < -0.4 is 10.6 Å². The van der Waals surface area contributed by atoms with E-state index < -0.39 is 8.80 Å². The molecule has 120 valence electrons. The molecule has 0 saturated carbocycles. The van der Waals surface area contributed by atoms with Crippen molar-refractivity contribution >= 4 is 14.8 Å². The van der Waals surface area contributed by atoms with E-state index in [9.17, 15) is 4.79 Å². The van der Waals surface area contributed by atoms with Crippen LogP contribution in [0.15, 0.2) is 0 Å². The highest BCUT2D eigenvalue weighted by atomic mass is 28.4. The van der Waals surface area contributed by atoms with Gasteiger partial charge in [-0.05, 0) is 13.0 Å². The molecule has 0 amide bonds. The van der Waals surface area contributed by atoms with Crippen LogP contribution in [0.2, 0.25) is 6.04 Å². The summed E-state index contributed by atoms with van der Waals surface area (Å²) in [5.74, 6) is -0.244. The lowest BCUT2D eigenvalue weighted by Gasteiger charge is -2.24. The highest BCUT2D eigenvalue weighted by molar-refractivity contribution is 6.60. The van der Waals surface area contributed by atoms with Crippen molar-refractivity contribution in [3.8, 4) is 0 Å². The van der Waals surface area contributed by atoms with Crippen LogP contribution in [0, 0.1) is 0 Å². The zero-order valence-electron chi connectivity index (χ0n) is 13.0. The Balaban J connectivity index is 3.38. The van der Waals surface area contributed by atoms with Crippen LogP contribution in [0.4, 0.5) is 0 Å². The van der Waals surface area contributed by atoms with Gasteiger partial charge < -0.3 is 28.6 Å². The molecule has 0 spiro atoms. The van der Waals surface area contributed by atoms with E-state index in [0.29, 0.717) is 13.2 Å². The van der Waals surface area contributed by atoms with E-state index in [-0.39, 0.29) is 5.97 Å². The van der Waals surface area contributed by atoms with Crippen LogP contribution in [-0.4, -0.2) is 68.9 Å². The van der Waals surface area contributed by atoms with Crippen LogP contribution in [0.3, 0.4) is 0 Å². The van der Waals surface area contributed by atoms with E-state index in [1.54, 1.807) is 21.3 Å². The summed E-state index contributed by atoms with van der Waals surface area (Å²) >= 11 is 0. The Labute approximate surface area is 122 Å². The van der Waals surface area contributed by atoms with Gasteiger partial charge in [0.05, 0.1) is 0 Å². The van der Waals surface area contributed by atoms with E-state index in [1.165, 1.54) is 6.92 Å². The van der Waals surface area contributed by atoms with E-state index in [4.69, 9.17) is 18.0 Å². The fourth-order valence-corrected chi connectivity index (χ4v) is 3.40. The van der Waals surface area contributed by atoms with E-state index >= 15 is 0 Å². The Bertz CT molecular complexity index is 244. The molecule has 0 radical (unpaired) electrons. The van der Waals surface area contributed by atoms with Crippen LogP contribution in [0.25, 0.3) is 0 Å². The van der Waals surface area contributed by atoms with Gasteiger partial charge >= 0.3 is 14.8 Å². The standard InChI is InChI=1S/C12H28N2O5Si/c1-12(15)19-10-9-14-8-7-13-6-5-11-20(16-2,17-3)18-4/h13-14H,5-11H2,1-4H3. The summed E-state index contributed by atoms with van der Waals surface area (Å²) in [7, 11) is 2.46. The lowest BCUT2D eigenvalue weighted by atomic mass is 10.4. The molecule has 0 bridgehead atoms. The van der Waals surface area contributed by atoms with Gasteiger partial charge in [-0.2, -0.15) is 0 Å². The van der Waals surface area contributed by atoms with Crippen LogP contribution in [-0.2, 0) is 22.8 Å².